The molecule has 4 heteroatoms. The Labute approximate surface area is 137 Å². The second kappa shape index (κ2) is 9.23. The molecule has 23 heavy (non-hydrogen) atoms. The quantitative estimate of drug-likeness (QED) is 0.460. The maximum absolute atomic E-state index is 11.4. The third-order valence-electron chi connectivity index (χ3n) is 3.70. The number of hydrogen-bond donors (Lipinski definition) is 0. The van der Waals surface area contributed by atoms with Crippen molar-refractivity contribution in [2.45, 2.75) is 52.4 Å². The van der Waals surface area contributed by atoms with Gasteiger partial charge in [-0.2, -0.15) is 0 Å². The fourth-order valence-electron chi connectivity index (χ4n) is 2.37. The average molecular weight is 318 g/mol. The normalized spacial score (nSPS) is 10.9. The summed E-state index contributed by atoms with van der Waals surface area (Å²) in [7, 11) is 0. The molecule has 0 amide bonds. The number of hydrogen-bond acceptors (Lipinski definition) is 4. The van der Waals surface area contributed by atoms with Crippen molar-refractivity contribution in [1.82, 2.24) is 0 Å². The zero-order chi connectivity index (χ0) is 16.5. The van der Waals surface area contributed by atoms with Crippen LogP contribution in [0, 0.1) is 0 Å². The Hall–Kier alpha value is -1.97. The lowest BCUT2D eigenvalue weighted by Gasteiger charge is -2.13. The summed E-state index contributed by atoms with van der Waals surface area (Å²) in [5.41, 5.74) is 0.176. The predicted molar refractivity (Wildman–Crippen MR) is 92.5 cm³/mol. The fraction of sp³-hybridized carbons (Fsp3) is 0.526. The SMILES string of the molecule is CCCCCOc1cc2ccc(=O)oc2cc1OCCCCC. The molecule has 1 aromatic heterocycles. The summed E-state index contributed by atoms with van der Waals surface area (Å²) in [5.74, 6) is 1.37. The first-order chi connectivity index (χ1) is 11.2. The second-order valence-electron chi connectivity index (χ2n) is 5.70. The molecule has 1 aromatic carbocycles. The number of fused-ring (bicyclic) bond motifs is 1. The molecule has 2 rings (SSSR count). The van der Waals surface area contributed by atoms with Gasteiger partial charge in [0.25, 0.3) is 0 Å². The molecular formula is C19H26O4. The summed E-state index contributed by atoms with van der Waals surface area (Å²) < 4.78 is 17.0. The van der Waals surface area contributed by atoms with Crippen LogP contribution in [0.15, 0.2) is 33.5 Å². The standard InChI is InChI=1S/C19H26O4/c1-3-5-7-11-21-17-13-15-9-10-19(20)23-16(15)14-18(17)22-12-8-6-4-2/h9-10,13-14H,3-8,11-12H2,1-2H3. The van der Waals surface area contributed by atoms with E-state index in [2.05, 4.69) is 13.8 Å². The lowest BCUT2D eigenvalue weighted by atomic mass is 10.2. The highest BCUT2D eigenvalue weighted by molar-refractivity contribution is 5.80. The minimum atomic E-state index is -0.356. The van der Waals surface area contributed by atoms with Crippen molar-refractivity contribution in [1.29, 1.82) is 0 Å². The van der Waals surface area contributed by atoms with Crippen LogP contribution in [0.2, 0.25) is 0 Å². The van der Waals surface area contributed by atoms with Gasteiger partial charge in [-0.25, -0.2) is 4.79 Å². The second-order valence-corrected chi connectivity index (χ2v) is 5.70. The molecule has 0 aliphatic rings. The van der Waals surface area contributed by atoms with Crippen LogP contribution >= 0.6 is 0 Å². The van der Waals surface area contributed by atoms with Gasteiger partial charge < -0.3 is 13.9 Å². The summed E-state index contributed by atoms with van der Waals surface area (Å²) in [6.45, 7) is 5.64. The predicted octanol–water partition coefficient (Wildman–Crippen LogP) is 4.93. The lowest BCUT2D eigenvalue weighted by molar-refractivity contribution is 0.260. The van der Waals surface area contributed by atoms with Crippen LogP contribution in [-0.4, -0.2) is 13.2 Å². The fourth-order valence-corrected chi connectivity index (χ4v) is 2.37. The molecule has 0 aliphatic carbocycles. The molecule has 2 aromatic rings. The van der Waals surface area contributed by atoms with E-state index in [1.54, 1.807) is 12.1 Å². The van der Waals surface area contributed by atoms with Crippen molar-refractivity contribution < 1.29 is 13.9 Å². The molecule has 126 valence electrons. The van der Waals surface area contributed by atoms with Crippen LogP contribution in [0.25, 0.3) is 11.0 Å². The molecule has 0 radical (unpaired) electrons. The Bertz CT molecular complexity index is 660. The Morgan fingerprint density at radius 1 is 0.870 bits per heavy atom. The van der Waals surface area contributed by atoms with E-state index >= 15 is 0 Å². The Balaban J connectivity index is 2.17. The van der Waals surface area contributed by atoms with E-state index in [-0.39, 0.29) is 5.63 Å². The Morgan fingerprint density at radius 3 is 2.09 bits per heavy atom. The molecule has 0 spiro atoms. The number of unbranched alkanes of at least 4 members (excludes halogenated alkanes) is 4. The lowest BCUT2D eigenvalue weighted by Crippen LogP contribution is -2.03. The first-order valence-electron chi connectivity index (χ1n) is 8.58. The van der Waals surface area contributed by atoms with Gasteiger partial charge in [-0.3, -0.25) is 0 Å². The van der Waals surface area contributed by atoms with E-state index in [4.69, 9.17) is 13.9 Å². The number of rotatable bonds is 10. The summed E-state index contributed by atoms with van der Waals surface area (Å²) in [6.07, 6.45) is 6.61. The van der Waals surface area contributed by atoms with Crippen molar-refractivity contribution >= 4 is 11.0 Å². The third kappa shape index (κ3) is 5.31. The summed E-state index contributed by atoms with van der Waals surface area (Å²) in [4.78, 5) is 11.4. The van der Waals surface area contributed by atoms with Crippen LogP contribution in [0.1, 0.15) is 52.4 Å². The Kier molecular flexibility index (Phi) is 6.98. The minimum Gasteiger partial charge on any atom is -0.490 e. The van der Waals surface area contributed by atoms with Crippen molar-refractivity contribution in [3.8, 4) is 11.5 Å². The third-order valence-corrected chi connectivity index (χ3v) is 3.70. The zero-order valence-corrected chi connectivity index (χ0v) is 14.1. The van der Waals surface area contributed by atoms with Gasteiger partial charge in [0.15, 0.2) is 11.5 Å². The molecule has 0 fully saturated rings. The van der Waals surface area contributed by atoms with Crippen LogP contribution in [0.3, 0.4) is 0 Å². The van der Waals surface area contributed by atoms with Crippen LogP contribution in [0.4, 0.5) is 0 Å². The number of benzene rings is 1. The van der Waals surface area contributed by atoms with E-state index in [0.29, 0.717) is 24.5 Å². The molecule has 0 aliphatic heterocycles. The van der Waals surface area contributed by atoms with Crippen molar-refractivity contribution in [2.75, 3.05) is 13.2 Å². The first kappa shape index (κ1) is 17.4. The molecule has 4 nitrogen and oxygen atoms in total. The monoisotopic (exact) mass is 318 g/mol. The summed E-state index contributed by atoms with van der Waals surface area (Å²) >= 11 is 0. The Morgan fingerprint density at radius 2 is 1.48 bits per heavy atom. The number of ether oxygens (including phenoxy) is 2. The molecule has 0 saturated carbocycles. The van der Waals surface area contributed by atoms with Gasteiger partial charge in [-0.15, -0.1) is 0 Å². The van der Waals surface area contributed by atoms with Gasteiger partial charge in [0.1, 0.15) is 5.58 Å². The zero-order valence-electron chi connectivity index (χ0n) is 14.1. The van der Waals surface area contributed by atoms with Gasteiger partial charge in [-0.05, 0) is 25.0 Å². The van der Waals surface area contributed by atoms with Crippen LogP contribution in [-0.2, 0) is 0 Å². The summed E-state index contributed by atoms with van der Waals surface area (Å²) in [6, 6.07) is 6.82. The van der Waals surface area contributed by atoms with E-state index < -0.39 is 0 Å². The van der Waals surface area contributed by atoms with E-state index in [1.165, 1.54) is 6.07 Å². The molecule has 1 heterocycles. The molecule has 0 N–H and O–H groups in total. The summed E-state index contributed by atoms with van der Waals surface area (Å²) in [5, 5.41) is 0.844. The van der Waals surface area contributed by atoms with Crippen LogP contribution in [0.5, 0.6) is 11.5 Å². The smallest absolute Gasteiger partial charge is 0.336 e. The molecule has 0 bridgehead atoms. The molecule has 0 atom stereocenters. The van der Waals surface area contributed by atoms with Crippen molar-refractivity contribution in [3.63, 3.8) is 0 Å². The van der Waals surface area contributed by atoms with Gasteiger partial charge >= 0.3 is 5.63 Å². The van der Waals surface area contributed by atoms with Gasteiger partial charge in [0.05, 0.1) is 13.2 Å². The highest BCUT2D eigenvalue weighted by Gasteiger charge is 2.10. The van der Waals surface area contributed by atoms with Gasteiger partial charge in [-0.1, -0.05) is 39.5 Å². The van der Waals surface area contributed by atoms with E-state index in [1.807, 2.05) is 6.07 Å². The average Bonchev–Trinajstić information content (AvgIpc) is 2.55. The topological polar surface area (TPSA) is 48.7 Å². The van der Waals surface area contributed by atoms with E-state index in [0.717, 1.165) is 49.7 Å². The highest BCUT2D eigenvalue weighted by atomic mass is 16.5. The minimum absolute atomic E-state index is 0.356. The highest BCUT2D eigenvalue weighted by Crippen LogP contribution is 2.32. The molecular weight excluding hydrogens is 292 g/mol. The maximum Gasteiger partial charge on any atom is 0.336 e. The van der Waals surface area contributed by atoms with Crippen molar-refractivity contribution in [2.24, 2.45) is 0 Å². The van der Waals surface area contributed by atoms with Crippen molar-refractivity contribution in [3.05, 3.63) is 34.7 Å². The van der Waals surface area contributed by atoms with Gasteiger partial charge in [0.2, 0.25) is 0 Å². The van der Waals surface area contributed by atoms with Crippen LogP contribution < -0.4 is 15.1 Å². The van der Waals surface area contributed by atoms with Gasteiger partial charge in [0, 0.05) is 17.5 Å². The first-order valence-corrected chi connectivity index (χ1v) is 8.58. The molecule has 0 saturated heterocycles. The maximum atomic E-state index is 11.4. The van der Waals surface area contributed by atoms with E-state index in [9.17, 15) is 4.79 Å². The molecule has 0 unspecified atom stereocenters. The largest absolute Gasteiger partial charge is 0.490 e.